The van der Waals surface area contributed by atoms with Gasteiger partial charge in [0.25, 0.3) is 0 Å². The minimum Gasteiger partial charge on any atom is -0.496 e. The number of hydrogen-bond donors (Lipinski definition) is 1. The Morgan fingerprint density at radius 1 is 1.35 bits per heavy atom. The summed E-state index contributed by atoms with van der Waals surface area (Å²) in [6.45, 7) is 1.81. The number of rotatable bonds is 4. The SMILES string of the molecule is COc1ccc(-c2cc(C)nc(CC(=O)O)n2)cc1Br. The molecule has 1 aromatic carbocycles. The minimum atomic E-state index is -0.947. The quantitative estimate of drug-likeness (QED) is 0.929. The fourth-order valence-corrected chi connectivity index (χ4v) is 2.36. The van der Waals surface area contributed by atoms with E-state index in [4.69, 9.17) is 9.84 Å². The first-order valence-electron chi connectivity index (χ1n) is 5.90. The normalized spacial score (nSPS) is 10.3. The summed E-state index contributed by atoms with van der Waals surface area (Å²) in [5.74, 6) is 0.0854. The lowest BCUT2D eigenvalue weighted by atomic mass is 10.1. The van der Waals surface area contributed by atoms with Gasteiger partial charge in [-0.05, 0) is 47.1 Å². The van der Waals surface area contributed by atoms with Gasteiger partial charge >= 0.3 is 5.97 Å². The fraction of sp³-hybridized carbons (Fsp3) is 0.214. The van der Waals surface area contributed by atoms with Gasteiger partial charge < -0.3 is 9.84 Å². The van der Waals surface area contributed by atoms with Crippen molar-refractivity contribution in [2.45, 2.75) is 13.3 Å². The first-order chi connectivity index (χ1) is 9.49. The van der Waals surface area contributed by atoms with Crippen LogP contribution in [0.3, 0.4) is 0 Å². The highest BCUT2D eigenvalue weighted by molar-refractivity contribution is 9.10. The summed E-state index contributed by atoms with van der Waals surface area (Å²) >= 11 is 3.42. The van der Waals surface area contributed by atoms with E-state index in [1.54, 1.807) is 7.11 Å². The highest BCUT2D eigenvalue weighted by Crippen LogP contribution is 2.29. The van der Waals surface area contributed by atoms with Crippen molar-refractivity contribution in [2.75, 3.05) is 7.11 Å². The molecule has 2 rings (SSSR count). The molecule has 6 heteroatoms. The number of ether oxygens (including phenoxy) is 1. The van der Waals surface area contributed by atoms with E-state index in [-0.39, 0.29) is 6.42 Å². The molecule has 0 atom stereocenters. The molecule has 1 N–H and O–H groups in total. The first kappa shape index (κ1) is 14.5. The number of aromatic nitrogens is 2. The van der Waals surface area contributed by atoms with Crippen molar-refractivity contribution >= 4 is 21.9 Å². The molecule has 1 heterocycles. The van der Waals surface area contributed by atoms with E-state index in [1.165, 1.54) is 0 Å². The molecule has 0 fully saturated rings. The first-order valence-corrected chi connectivity index (χ1v) is 6.69. The van der Waals surface area contributed by atoms with Gasteiger partial charge in [-0.2, -0.15) is 0 Å². The van der Waals surface area contributed by atoms with E-state index in [2.05, 4.69) is 25.9 Å². The smallest absolute Gasteiger partial charge is 0.311 e. The van der Waals surface area contributed by atoms with Gasteiger partial charge in [0.05, 0.1) is 17.3 Å². The number of hydrogen-bond acceptors (Lipinski definition) is 4. The van der Waals surface area contributed by atoms with Crippen LogP contribution in [0.25, 0.3) is 11.3 Å². The maximum absolute atomic E-state index is 10.8. The lowest BCUT2D eigenvalue weighted by molar-refractivity contribution is -0.136. The third kappa shape index (κ3) is 3.33. The summed E-state index contributed by atoms with van der Waals surface area (Å²) in [5.41, 5.74) is 2.30. The highest BCUT2D eigenvalue weighted by Gasteiger charge is 2.09. The van der Waals surface area contributed by atoms with E-state index in [0.717, 1.165) is 21.5 Å². The largest absolute Gasteiger partial charge is 0.496 e. The number of carboxylic acid groups (broad SMARTS) is 1. The summed E-state index contributed by atoms with van der Waals surface area (Å²) in [6, 6.07) is 7.40. The van der Waals surface area contributed by atoms with Crippen molar-refractivity contribution < 1.29 is 14.6 Å². The van der Waals surface area contributed by atoms with Crippen LogP contribution in [0.4, 0.5) is 0 Å². The monoisotopic (exact) mass is 336 g/mol. The molecule has 1 aromatic heterocycles. The van der Waals surface area contributed by atoms with E-state index in [1.807, 2.05) is 31.2 Å². The van der Waals surface area contributed by atoms with Crippen LogP contribution >= 0.6 is 15.9 Å². The Morgan fingerprint density at radius 3 is 2.70 bits per heavy atom. The molecule has 0 aliphatic carbocycles. The Bertz CT molecular complexity index is 659. The summed E-state index contributed by atoms with van der Waals surface area (Å²) in [6.07, 6.45) is -0.188. The van der Waals surface area contributed by atoms with Crippen molar-refractivity contribution in [1.82, 2.24) is 9.97 Å². The maximum Gasteiger partial charge on any atom is 0.311 e. The van der Waals surface area contributed by atoms with Crippen LogP contribution in [0.15, 0.2) is 28.7 Å². The van der Waals surface area contributed by atoms with Gasteiger partial charge in [0.1, 0.15) is 18.0 Å². The third-order valence-corrected chi connectivity index (χ3v) is 3.28. The highest BCUT2D eigenvalue weighted by atomic mass is 79.9. The molecule has 0 radical (unpaired) electrons. The zero-order valence-corrected chi connectivity index (χ0v) is 12.6. The van der Waals surface area contributed by atoms with Crippen LogP contribution in [-0.4, -0.2) is 28.2 Å². The second kappa shape index (κ2) is 6.00. The van der Waals surface area contributed by atoms with Crippen LogP contribution in [0.1, 0.15) is 11.5 Å². The average molecular weight is 337 g/mol. The number of carboxylic acids is 1. The summed E-state index contributed by atoms with van der Waals surface area (Å²) < 4.78 is 5.99. The predicted molar refractivity (Wildman–Crippen MR) is 77.8 cm³/mol. The molecule has 0 spiro atoms. The number of carbonyl (C=O) groups is 1. The predicted octanol–water partition coefficient (Wildman–Crippen LogP) is 2.85. The van der Waals surface area contributed by atoms with Gasteiger partial charge in [0, 0.05) is 11.3 Å². The van der Waals surface area contributed by atoms with E-state index in [0.29, 0.717) is 11.5 Å². The fourth-order valence-electron chi connectivity index (χ4n) is 1.82. The molecule has 20 heavy (non-hydrogen) atoms. The van der Waals surface area contributed by atoms with Crippen LogP contribution < -0.4 is 4.74 Å². The zero-order chi connectivity index (χ0) is 14.7. The molecule has 0 unspecified atom stereocenters. The Morgan fingerprint density at radius 2 is 2.10 bits per heavy atom. The number of nitrogens with zero attached hydrogens (tertiary/aromatic N) is 2. The van der Waals surface area contributed by atoms with Crippen molar-refractivity contribution in [1.29, 1.82) is 0 Å². The van der Waals surface area contributed by atoms with Gasteiger partial charge in [-0.15, -0.1) is 0 Å². The molecule has 5 nitrogen and oxygen atoms in total. The Hall–Kier alpha value is -1.95. The zero-order valence-electron chi connectivity index (χ0n) is 11.1. The van der Waals surface area contributed by atoms with Crippen LogP contribution in [0.2, 0.25) is 0 Å². The molecule has 2 aromatic rings. The van der Waals surface area contributed by atoms with Crippen molar-refractivity contribution in [3.63, 3.8) is 0 Å². The van der Waals surface area contributed by atoms with Gasteiger partial charge in [-0.1, -0.05) is 0 Å². The van der Waals surface area contributed by atoms with Gasteiger partial charge in [-0.25, -0.2) is 9.97 Å². The van der Waals surface area contributed by atoms with Crippen molar-refractivity contribution in [3.05, 3.63) is 40.3 Å². The Labute approximate surface area is 124 Å². The second-order valence-electron chi connectivity index (χ2n) is 4.23. The third-order valence-electron chi connectivity index (χ3n) is 2.66. The number of aryl methyl sites for hydroxylation is 1. The molecular weight excluding hydrogens is 324 g/mol. The standard InChI is InChI=1S/C14H13BrN2O3/c1-8-5-11(17-13(16-8)7-14(18)19)9-3-4-12(20-2)10(15)6-9/h3-6H,7H2,1-2H3,(H,18,19). The molecular formula is C14H13BrN2O3. The molecule has 0 aliphatic rings. The molecule has 0 saturated carbocycles. The number of benzene rings is 1. The molecule has 0 amide bonds. The number of methoxy groups -OCH3 is 1. The molecule has 0 bridgehead atoms. The van der Waals surface area contributed by atoms with Crippen molar-refractivity contribution in [3.8, 4) is 17.0 Å². The minimum absolute atomic E-state index is 0.188. The summed E-state index contributed by atoms with van der Waals surface area (Å²) in [7, 11) is 1.60. The molecule has 104 valence electrons. The van der Waals surface area contributed by atoms with Crippen LogP contribution in [-0.2, 0) is 11.2 Å². The molecule has 0 aliphatic heterocycles. The second-order valence-corrected chi connectivity index (χ2v) is 5.08. The van der Waals surface area contributed by atoms with Crippen LogP contribution in [0, 0.1) is 6.92 Å². The summed E-state index contributed by atoms with van der Waals surface area (Å²) in [4.78, 5) is 19.2. The van der Waals surface area contributed by atoms with Gasteiger partial charge in [0.2, 0.25) is 0 Å². The van der Waals surface area contributed by atoms with Crippen molar-refractivity contribution in [2.24, 2.45) is 0 Å². The topological polar surface area (TPSA) is 72.3 Å². The van der Waals surface area contributed by atoms with E-state index in [9.17, 15) is 4.79 Å². The summed E-state index contributed by atoms with van der Waals surface area (Å²) in [5, 5.41) is 8.83. The Kier molecular flexibility index (Phi) is 4.34. The number of halogens is 1. The van der Waals surface area contributed by atoms with E-state index >= 15 is 0 Å². The Balaban J connectivity index is 2.44. The van der Waals surface area contributed by atoms with Crippen LogP contribution in [0.5, 0.6) is 5.75 Å². The number of aliphatic carboxylic acids is 1. The van der Waals surface area contributed by atoms with Gasteiger partial charge in [0.15, 0.2) is 0 Å². The molecule has 0 saturated heterocycles. The lowest BCUT2D eigenvalue weighted by Crippen LogP contribution is -2.06. The average Bonchev–Trinajstić information content (AvgIpc) is 2.37. The lowest BCUT2D eigenvalue weighted by Gasteiger charge is -2.08. The maximum atomic E-state index is 10.8. The van der Waals surface area contributed by atoms with E-state index < -0.39 is 5.97 Å². The van der Waals surface area contributed by atoms with Gasteiger partial charge in [-0.3, -0.25) is 4.79 Å².